The quantitative estimate of drug-likeness (QED) is 0.210. The fourth-order valence-electron chi connectivity index (χ4n) is 3.57. The molecule has 1 atom stereocenters. The van der Waals surface area contributed by atoms with E-state index >= 15 is 0 Å². The van der Waals surface area contributed by atoms with Gasteiger partial charge in [0, 0.05) is 17.0 Å². The summed E-state index contributed by atoms with van der Waals surface area (Å²) in [5.74, 6) is -4.80. The summed E-state index contributed by atoms with van der Waals surface area (Å²) >= 11 is 0. The predicted octanol–water partition coefficient (Wildman–Crippen LogP) is 6.60. The number of hydrogen-bond acceptors (Lipinski definition) is 3. The Balaban J connectivity index is 1.90. The van der Waals surface area contributed by atoms with Crippen molar-refractivity contribution >= 4 is 0 Å². The molecule has 0 fully saturated rings. The van der Waals surface area contributed by atoms with Gasteiger partial charge in [-0.25, -0.2) is 13.2 Å². The van der Waals surface area contributed by atoms with Gasteiger partial charge in [-0.3, -0.25) is 0 Å². The highest BCUT2D eigenvalue weighted by molar-refractivity contribution is 5.71. The van der Waals surface area contributed by atoms with Gasteiger partial charge >= 0.3 is 0 Å². The third-order valence-electron chi connectivity index (χ3n) is 5.37. The standard InChI is InChI=1S/C26H24F4O3/c1-3-13-33-22-12-11-21(25(29)26(22)30)18-7-5-17(6-8-18)20-10-9-19(23(27)24(20)28)16(4-2)14-32-15-31/h3,5-12,16,31H,1,4,13-15H2,2H3. The predicted molar refractivity (Wildman–Crippen MR) is 119 cm³/mol. The third-order valence-corrected chi connectivity index (χ3v) is 5.37. The first-order chi connectivity index (χ1) is 15.9. The third kappa shape index (κ3) is 5.26. The highest BCUT2D eigenvalue weighted by atomic mass is 19.2. The first kappa shape index (κ1) is 24.5. The number of aliphatic hydroxyl groups is 1. The molecule has 3 aromatic rings. The molecule has 3 rings (SSSR count). The van der Waals surface area contributed by atoms with E-state index < -0.39 is 36.0 Å². The Labute approximate surface area is 189 Å². The second kappa shape index (κ2) is 11.1. The molecule has 0 spiro atoms. The number of aliphatic hydroxyl groups excluding tert-OH is 1. The van der Waals surface area contributed by atoms with Crippen molar-refractivity contribution in [2.24, 2.45) is 0 Å². The van der Waals surface area contributed by atoms with Crippen LogP contribution in [0.2, 0.25) is 0 Å². The normalized spacial score (nSPS) is 11.9. The van der Waals surface area contributed by atoms with Crippen molar-refractivity contribution in [1.82, 2.24) is 0 Å². The van der Waals surface area contributed by atoms with Gasteiger partial charge in [-0.1, -0.05) is 56.0 Å². The van der Waals surface area contributed by atoms with Crippen molar-refractivity contribution < 1.29 is 32.1 Å². The summed E-state index contributed by atoms with van der Waals surface area (Å²) in [6.07, 6.45) is 1.92. The molecule has 7 heteroatoms. The van der Waals surface area contributed by atoms with Crippen molar-refractivity contribution in [1.29, 1.82) is 0 Å². The lowest BCUT2D eigenvalue weighted by Gasteiger charge is -2.17. The Morgan fingerprint density at radius 2 is 1.42 bits per heavy atom. The van der Waals surface area contributed by atoms with E-state index in [1.807, 2.05) is 6.92 Å². The zero-order valence-electron chi connectivity index (χ0n) is 18.1. The monoisotopic (exact) mass is 460 g/mol. The van der Waals surface area contributed by atoms with Crippen molar-refractivity contribution in [2.75, 3.05) is 20.0 Å². The molecule has 0 heterocycles. The summed E-state index contributed by atoms with van der Waals surface area (Å²) in [4.78, 5) is 0. The summed E-state index contributed by atoms with van der Waals surface area (Å²) in [7, 11) is 0. The van der Waals surface area contributed by atoms with E-state index in [2.05, 4.69) is 6.58 Å². The van der Waals surface area contributed by atoms with E-state index in [1.165, 1.54) is 54.6 Å². The SMILES string of the molecule is C=CCOc1ccc(-c2ccc(-c3ccc(C(CC)COCO)c(F)c3F)cc2)c(F)c1F. The zero-order valence-corrected chi connectivity index (χ0v) is 18.1. The minimum atomic E-state index is -1.11. The van der Waals surface area contributed by atoms with Crippen LogP contribution in [0.5, 0.6) is 5.75 Å². The maximum absolute atomic E-state index is 14.9. The van der Waals surface area contributed by atoms with Crippen molar-refractivity contribution in [3.8, 4) is 28.0 Å². The number of rotatable bonds is 10. The van der Waals surface area contributed by atoms with Crippen LogP contribution in [0.25, 0.3) is 22.3 Å². The molecule has 0 saturated heterocycles. The zero-order chi connectivity index (χ0) is 24.0. The topological polar surface area (TPSA) is 38.7 Å². The molecule has 1 unspecified atom stereocenters. The van der Waals surface area contributed by atoms with Gasteiger partial charge in [-0.15, -0.1) is 0 Å². The minimum absolute atomic E-state index is 0.0154. The highest BCUT2D eigenvalue weighted by Gasteiger charge is 2.21. The number of halogens is 4. The summed E-state index contributed by atoms with van der Waals surface area (Å²) in [5.41, 5.74) is 0.977. The van der Waals surface area contributed by atoms with Crippen LogP contribution in [0.4, 0.5) is 17.6 Å². The molecule has 0 amide bonds. The molecular formula is C26H24F4O3. The Kier molecular flexibility index (Phi) is 8.25. The summed E-state index contributed by atoms with van der Waals surface area (Å²) < 4.78 is 68.5. The maximum Gasteiger partial charge on any atom is 0.201 e. The van der Waals surface area contributed by atoms with Crippen molar-refractivity contribution in [3.63, 3.8) is 0 Å². The molecule has 0 saturated carbocycles. The van der Waals surface area contributed by atoms with Gasteiger partial charge in [0.2, 0.25) is 5.82 Å². The molecule has 0 aliphatic heterocycles. The second-order valence-electron chi connectivity index (χ2n) is 7.35. The van der Waals surface area contributed by atoms with E-state index in [-0.39, 0.29) is 35.7 Å². The number of hydrogen-bond donors (Lipinski definition) is 1. The van der Waals surface area contributed by atoms with Gasteiger partial charge in [0.15, 0.2) is 23.2 Å². The Bertz CT molecular complexity index is 1110. The van der Waals surface area contributed by atoms with Gasteiger partial charge in [0.05, 0.1) is 6.61 Å². The summed E-state index contributed by atoms with van der Waals surface area (Å²) in [5, 5.41) is 8.82. The minimum Gasteiger partial charge on any atom is -0.486 e. The summed E-state index contributed by atoms with van der Waals surface area (Å²) in [6, 6.07) is 11.7. The molecule has 0 aromatic heterocycles. The Hall–Kier alpha value is -3.16. The number of ether oxygens (including phenoxy) is 2. The molecule has 0 radical (unpaired) electrons. The van der Waals surface area contributed by atoms with Crippen LogP contribution in [-0.4, -0.2) is 25.1 Å². The largest absolute Gasteiger partial charge is 0.486 e. The molecule has 33 heavy (non-hydrogen) atoms. The van der Waals surface area contributed by atoms with Gasteiger partial charge in [0.25, 0.3) is 0 Å². The van der Waals surface area contributed by atoms with Crippen LogP contribution in [0.3, 0.4) is 0 Å². The van der Waals surface area contributed by atoms with Crippen molar-refractivity contribution in [2.45, 2.75) is 19.3 Å². The van der Waals surface area contributed by atoms with Crippen LogP contribution < -0.4 is 4.74 Å². The molecule has 3 nitrogen and oxygen atoms in total. The van der Waals surface area contributed by atoms with Crippen LogP contribution in [-0.2, 0) is 4.74 Å². The smallest absolute Gasteiger partial charge is 0.201 e. The second-order valence-corrected chi connectivity index (χ2v) is 7.35. The van der Waals surface area contributed by atoms with Crippen LogP contribution >= 0.6 is 0 Å². The average Bonchev–Trinajstić information content (AvgIpc) is 2.83. The van der Waals surface area contributed by atoms with Crippen LogP contribution in [0.15, 0.2) is 61.2 Å². The van der Waals surface area contributed by atoms with Crippen molar-refractivity contribution in [3.05, 3.63) is 90.0 Å². The van der Waals surface area contributed by atoms with Gasteiger partial charge in [-0.2, -0.15) is 4.39 Å². The first-order valence-electron chi connectivity index (χ1n) is 10.4. The average molecular weight is 460 g/mol. The Morgan fingerprint density at radius 1 is 0.848 bits per heavy atom. The first-order valence-corrected chi connectivity index (χ1v) is 10.4. The van der Waals surface area contributed by atoms with Gasteiger partial charge in [-0.05, 0) is 35.2 Å². The lowest BCUT2D eigenvalue weighted by Crippen LogP contribution is -2.11. The molecule has 1 N–H and O–H groups in total. The van der Waals surface area contributed by atoms with Crippen LogP contribution in [0.1, 0.15) is 24.8 Å². The lowest BCUT2D eigenvalue weighted by molar-refractivity contribution is -0.00857. The van der Waals surface area contributed by atoms with Crippen LogP contribution in [0, 0.1) is 23.3 Å². The maximum atomic E-state index is 14.9. The molecule has 3 aromatic carbocycles. The molecular weight excluding hydrogens is 436 g/mol. The summed E-state index contributed by atoms with van der Waals surface area (Å²) in [6.45, 7) is 4.88. The molecule has 174 valence electrons. The number of benzene rings is 3. The van der Waals surface area contributed by atoms with E-state index in [4.69, 9.17) is 14.6 Å². The Morgan fingerprint density at radius 3 is 1.97 bits per heavy atom. The van der Waals surface area contributed by atoms with Gasteiger partial charge < -0.3 is 14.6 Å². The molecule has 0 aliphatic rings. The van der Waals surface area contributed by atoms with E-state index in [1.54, 1.807) is 0 Å². The van der Waals surface area contributed by atoms with E-state index in [0.717, 1.165) is 0 Å². The van der Waals surface area contributed by atoms with Gasteiger partial charge in [0.1, 0.15) is 13.4 Å². The highest BCUT2D eigenvalue weighted by Crippen LogP contribution is 2.34. The molecule has 0 bridgehead atoms. The fraction of sp³-hybridized carbons (Fsp3) is 0.231. The van der Waals surface area contributed by atoms with E-state index in [9.17, 15) is 17.6 Å². The fourth-order valence-corrected chi connectivity index (χ4v) is 3.57. The van der Waals surface area contributed by atoms with E-state index in [0.29, 0.717) is 17.5 Å². The lowest BCUT2D eigenvalue weighted by atomic mass is 9.93. The molecule has 0 aliphatic carbocycles.